The van der Waals surface area contributed by atoms with E-state index in [1.807, 2.05) is 35.4 Å². The van der Waals surface area contributed by atoms with E-state index in [1.54, 1.807) is 11.3 Å². The molecule has 1 aliphatic heterocycles. The van der Waals surface area contributed by atoms with Crippen LogP contribution in [0.5, 0.6) is 0 Å². The molecule has 1 amide bonds. The summed E-state index contributed by atoms with van der Waals surface area (Å²) in [5, 5.41) is 7.68. The zero-order chi connectivity index (χ0) is 19.1. The molecular formula is C20H28IN5OS. The fourth-order valence-electron chi connectivity index (χ4n) is 2.97. The number of thiazole rings is 1. The molecule has 6 nitrogen and oxygen atoms in total. The zero-order valence-electron chi connectivity index (χ0n) is 16.4. The first-order valence-electron chi connectivity index (χ1n) is 9.54. The first-order chi connectivity index (χ1) is 13.2. The summed E-state index contributed by atoms with van der Waals surface area (Å²) in [6.07, 6.45) is 4.56. The number of benzene rings is 1. The van der Waals surface area contributed by atoms with Gasteiger partial charge in [0.15, 0.2) is 5.96 Å². The van der Waals surface area contributed by atoms with Crippen molar-refractivity contribution in [3.63, 3.8) is 0 Å². The van der Waals surface area contributed by atoms with Crippen molar-refractivity contribution in [1.29, 1.82) is 0 Å². The maximum Gasteiger partial charge on any atom is 0.227 e. The second-order valence-electron chi connectivity index (χ2n) is 6.44. The van der Waals surface area contributed by atoms with Crippen LogP contribution in [0.25, 0.3) is 0 Å². The van der Waals surface area contributed by atoms with Gasteiger partial charge in [-0.25, -0.2) is 9.98 Å². The van der Waals surface area contributed by atoms with Crippen molar-refractivity contribution >= 4 is 52.9 Å². The molecule has 0 unspecified atom stereocenters. The number of guanidine groups is 1. The van der Waals surface area contributed by atoms with Crippen molar-refractivity contribution in [3.05, 3.63) is 45.9 Å². The van der Waals surface area contributed by atoms with Gasteiger partial charge in [0.2, 0.25) is 5.91 Å². The molecule has 0 spiro atoms. The number of aryl methyl sites for hydroxylation is 1. The van der Waals surface area contributed by atoms with Crippen molar-refractivity contribution in [2.24, 2.45) is 4.99 Å². The Morgan fingerprint density at radius 3 is 2.64 bits per heavy atom. The number of amides is 1. The smallest absolute Gasteiger partial charge is 0.227 e. The summed E-state index contributed by atoms with van der Waals surface area (Å²) in [7, 11) is 0. The molecule has 1 aromatic heterocycles. The van der Waals surface area contributed by atoms with Gasteiger partial charge >= 0.3 is 0 Å². The Morgan fingerprint density at radius 1 is 1.25 bits per heavy atom. The summed E-state index contributed by atoms with van der Waals surface area (Å²) >= 11 is 1.73. The Morgan fingerprint density at radius 2 is 2.04 bits per heavy atom. The van der Waals surface area contributed by atoms with Crippen molar-refractivity contribution in [2.75, 3.05) is 18.0 Å². The van der Waals surface area contributed by atoms with Gasteiger partial charge in [0, 0.05) is 36.3 Å². The molecular weight excluding hydrogens is 485 g/mol. The van der Waals surface area contributed by atoms with Gasteiger partial charge < -0.3 is 15.5 Å². The molecule has 8 heteroatoms. The van der Waals surface area contributed by atoms with E-state index in [-0.39, 0.29) is 29.9 Å². The van der Waals surface area contributed by atoms with Crippen molar-refractivity contribution in [3.8, 4) is 0 Å². The number of anilines is 1. The van der Waals surface area contributed by atoms with Gasteiger partial charge in [-0.15, -0.1) is 35.3 Å². The van der Waals surface area contributed by atoms with Crippen LogP contribution in [-0.4, -0.2) is 29.9 Å². The average molecular weight is 513 g/mol. The number of nitrogens with one attached hydrogen (secondary N) is 2. The Balaban J connectivity index is 0.00000280. The predicted molar refractivity (Wildman–Crippen MR) is 127 cm³/mol. The van der Waals surface area contributed by atoms with Crippen LogP contribution in [0.1, 0.15) is 42.1 Å². The molecule has 1 aromatic carbocycles. The largest absolute Gasteiger partial charge is 0.357 e. The number of aliphatic imine (C=N–C) groups is 1. The van der Waals surface area contributed by atoms with Crippen LogP contribution in [0.3, 0.4) is 0 Å². The number of carbonyl (C=O) groups excluding carboxylic acids is 1. The van der Waals surface area contributed by atoms with E-state index in [4.69, 9.17) is 0 Å². The van der Waals surface area contributed by atoms with E-state index in [1.165, 1.54) is 4.88 Å². The molecule has 0 aliphatic carbocycles. The van der Waals surface area contributed by atoms with Crippen molar-refractivity contribution in [2.45, 2.75) is 46.2 Å². The third-order valence-corrected chi connectivity index (χ3v) is 5.58. The monoisotopic (exact) mass is 513 g/mol. The van der Waals surface area contributed by atoms with Crippen LogP contribution in [-0.2, 0) is 24.3 Å². The Kier molecular flexibility index (Phi) is 9.17. The number of rotatable bonds is 7. The first-order valence-corrected chi connectivity index (χ1v) is 10.4. The number of aromatic nitrogens is 1. The van der Waals surface area contributed by atoms with E-state index in [9.17, 15) is 4.79 Å². The molecule has 0 saturated carbocycles. The predicted octanol–water partition coefficient (Wildman–Crippen LogP) is 3.71. The van der Waals surface area contributed by atoms with E-state index < -0.39 is 0 Å². The molecule has 1 saturated heterocycles. The summed E-state index contributed by atoms with van der Waals surface area (Å²) in [5.74, 6) is 0.998. The SMILES string of the molecule is CCNC(=NCc1ccc(N2CCCC2=O)cc1)NCc1ncc(CC)s1.I. The average Bonchev–Trinajstić information content (AvgIpc) is 3.33. The number of hydrogen-bond donors (Lipinski definition) is 2. The van der Waals surface area contributed by atoms with Gasteiger partial charge in [0.05, 0.1) is 13.1 Å². The lowest BCUT2D eigenvalue weighted by Gasteiger charge is -2.15. The van der Waals surface area contributed by atoms with Gasteiger partial charge in [0.1, 0.15) is 5.01 Å². The molecule has 2 aromatic rings. The van der Waals surface area contributed by atoms with Gasteiger partial charge in [-0.2, -0.15) is 0 Å². The molecule has 0 bridgehead atoms. The molecule has 3 rings (SSSR count). The number of halogens is 1. The third-order valence-electron chi connectivity index (χ3n) is 4.44. The standard InChI is InChI=1S/C20H27N5OS.HI/c1-3-17-13-22-18(27-17)14-24-20(21-4-2)23-12-15-7-9-16(10-8-15)25-11-5-6-19(25)26;/h7-10,13H,3-6,11-12,14H2,1-2H3,(H2,21,23,24);1H. The highest BCUT2D eigenvalue weighted by Gasteiger charge is 2.21. The lowest BCUT2D eigenvalue weighted by Crippen LogP contribution is -2.36. The first kappa shape index (κ1) is 22.6. The highest BCUT2D eigenvalue weighted by Crippen LogP contribution is 2.21. The van der Waals surface area contributed by atoms with Crippen molar-refractivity contribution < 1.29 is 4.79 Å². The van der Waals surface area contributed by atoms with Crippen LogP contribution in [0.2, 0.25) is 0 Å². The topological polar surface area (TPSA) is 69.6 Å². The van der Waals surface area contributed by atoms with Gasteiger partial charge in [-0.1, -0.05) is 19.1 Å². The molecule has 2 N–H and O–H groups in total. The molecule has 28 heavy (non-hydrogen) atoms. The Labute approximate surface area is 187 Å². The second kappa shape index (κ2) is 11.4. The fraction of sp³-hybridized carbons (Fsp3) is 0.450. The molecule has 0 radical (unpaired) electrons. The van der Waals surface area contributed by atoms with Gasteiger partial charge in [-0.3, -0.25) is 4.79 Å². The lowest BCUT2D eigenvalue weighted by atomic mass is 10.2. The highest BCUT2D eigenvalue weighted by molar-refractivity contribution is 14.0. The number of nitrogens with zero attached hydrogens (tertiary/aromatic N) is 3. The van der Waals surface area contributed by atoms with E-state index in [2.05, 4.69) is 34.5 Å². The maximum atomic E-state index is 11.8. The number of hydrogen-bond acceptors (Lipinski definition) is 4. The number of carbonyl (C=O) groups is 1. The molecule has 0 atom stereocenters. The third kappa shape index (κ3) is 6.16. The van der Waals surface area contributed by atoms with Crippen LogP contribution < -0.4 is 15.5 Å². The van der Waals surface area contributed by atoms with Crippen LogP contribution in [0.4, 0.5) is 5.69 Å². The van der Waals surface area contributed by atoms with Crippen molar-refractivity contribution in [1.82, 2.24) is 15.6 Å². The molecule has 152 valence electrons. The summed E-state index contributed by atoms with van der Waals surface area (Å²) in [6.45, 7) is 7.08. The minimum Gasteiger partial charge on any atom is -0.357 e. The van der Waals surface area contributed by atoms with Gasteiger partial charge in [-0.05, 0) is 37.5 Å². The summed E-state index contributed by atoms with van der Waals surface area (Å²) in [6, 6.07) is 8.11. The molecule has 1 aliphatic rings. The van der Waals surface area contributed by atoms with E-state index >= 15 is 0 Å². The summed E-state index contributed by atoms with van der Waals surface area (Å²) in [4.78, 5) is 24.1. The Hall–Kier alpha value is -1.68. The van der Waals surface area contributed by atoms with Gasteiger partial charge in [0.25, 0.3) is 0 Å². The van der Waals surface area contributed by atoms with E-state index in [0.717, 1.165) is 48.1 Å². The fourth-order valence-corrected chi connectivity index (χ4v) is 3.77. The maximum absolute atomic E-state index is 11.8. The minimum absolute atomic E-state index is 0. The molecule has 2 heterocycles. The quantitative estimate of drug-likeness (QED) is 0.337. The lowest BCUT2D eigenvalue weighted by molar-refractivity contribution is -0.117. The Bertz CT molecular complexity index is 790. The van der Waals surface area contributed by atoms with Crippen LogP contribution in [0, 0.1) is 0 Å². The highest BCUT2D eigenvalue weighted by atomic mass is 127. The minimum atomic E-state index is 0. The molecule has 1 fully saturated rings. The summed E-state index contributed by atoms with van der Waals surface area (Å²) < 4.78 is 0. The van der Waals surface area contributed by atoms with Crippen LogP contribution >= 0.6 is 35.3 Å². The zero-order valence-corrected chi connectivity index (χ0v) is 19.5. The summed E-state index contributed by atoms with van der Waals surface area (Å²) in [5.41, 5.74) is 2.09. The normalized spacial score (nSPS) is 14.1. The van der Waals surface area contributed by atoms with Crippen LogP contribution in [0.15, 0.2) is 35.5 Å². The van der Waals surface area contributed by atoms with E-state index in [0.29, 0.717) is 19.5 Å². The second-order valence-corrected chi connectivity index (χ2v) is 7.64.